The smallest absolute Gasteiger partial charge is 0.328 e. The molecule has 2 rings (SSSR count). The number of fused-ring (bicyclic) bond motifs is 1. The number of carbonyl (C=O) groups is 1. The Bertz CT molecular complexity index is 403. The molecule has 0 bridgehead atoms. The number of rotatable bonds is 4. The fraction of sp³-hybridized carbons (Fsp3) is 0.500. The molecule has 1 atom stereocenters. The predicted molar refractivity (Wildman–Crippen MR) is 68.2 cm³/mol. The third-order valence-corrected chi connectivity index (χ3v) is 3.24. The van der Waals surface area contributed by atoms with Gasteiger partial charge in [-0.1, -0.05) is 25.1 Å². The molecular formula is C14H19NO2. The van der Waals surface area contributed by atoms with Crippen molar-refractivity contribution in [2.45, 2.75) is 32.7 Å². The molecular weight excluding hydrogens is 214 g/mol. The molecule has 3 heteroatoms. The van der Waals surface area contributed by atoms with E-state index in [0.717, 1.165) is 19.4 Å². The van der Waals surface area contributed by atoms with Crippen molar-refractivity contribution in [1.29, 1.82) is 0 Å². The summed E-state index contributed by atoms with van der Waals surface area (Å²) in [5, 5.41) is 0. The molecule has 1 aliphatic heterocycles. The van der Waals surface area contributed by atoms with Crippen LogP contribution in [0.15, 0.2) is 24.3 Å². The van der Waals surface area contributed by atoms with E-state index in [0.29, 0.717) is 6.61 Å². The monoisotopic (exact) mass is 233 g/mol. The van der Waals surface area contributed by atoms with E-state index in [4.69, 9.17) is 4.74 Å². The van der Waals surface area contributed by atoms with Crippen LogP contribution in [-0.2, 0) is 16.0 Å². The average molecular weight is 233 g/mol. The van der Waals surface area contributed by atoms with Gasteiger partial charge in [0.1, 0.15) is 6.04 Å². The number of nitrogens with zero attached hydrogens (tertiary/aromatic N) is 1. The van der Waals surface area contributed by atoms with Crippen LogP contribution in [0.5, 0.6) is 0 Å². The van der Waals surface area contributed by atoms with Crippen molar-refractivity contribution in [1.82, 2.24) is 0 Å². The van der Waals surface area contributed by atoms with Gasteiger partial charge in [-0.2, -0.15) is 0 Å². The number of para-hydroxylation sites is 1. The van der Waals surface area contributed by atoms with Gasteiger partial charge in [0.2, 0.25) is 0 Å². The Labute approximate surface area is 102 Å². The van der Waals surface area contributed by atoms with Crippen molar-refractivity contribution in [3.63, 3.8) is 0 Å². The van der Waals surface area contributed by atoms with Gasteiger partial charge in [0.05, 0.1) is 6.61 Å². The lowest BCUT2D eigenvalue weighted by Crippen LogP contribution is -2.41. The zero-order valence-corrected chi connectivity index (χ0v) is 10.5. The minimum absolute atomic E-state index is 0.105. The summed E-state index contributed by atoms with van der Waals surface area (Å²) in [6.45, 7) is 5.24. The van der Waals surface area contributed by atoms with E-state index in [2.05, 4.69) is 17.0 Å². The summed E-state index contributed by atoms with van der Waals surface area (Å²) in [6, 6.07) is 8.15. The maximum atomic E-state index is 11.9. The molecule has 0 aliphatic carbocycles. The van der Waals surface area contributed by atoms with Crippen LogP contribution in [0.25, 0.3) is 0 Å². The van der Waals surface area contributed by atoms with Crippen molar-refractivity contribution in [2.75, 3.05) is 18.1 Å². The second kappa shape index (κ2) is 5.21. The Hall–Kier alpha value is -1.51. The van der Waals surface area contributed by atoms with Crippen molar-refractivity contribution < 1.29 is 9.53 Å². The standard InChI is InChI=1S/C14H19NO2/c1-3-12(14(16)17-4-2)15-10-9-11-7-5-6-8-13(11)15/h5-8,12H,3-4,9-10H2,1-2H3. The first-order valence-corrected chi connectivity index (χ1v) is 6.29. The summed E-state index contributed by atoms with van der Waals surface area (Å²) >= 11 is 0. The summed E-state index contributed by atoms with van der Waals surface area (Å²) in [6.07, 6.45) is 1.80. The summed E-state index contributed by atoms with van der Waals surface area (Å²) in [4.78, 5) is 14.1. The highest BCUT2D eigenvalue weighted by Crippen LogP contribution is 2.30. The van der Waals surface area contributed by atoms with E-state index >= 15 is 0 Å². The molecule has 1 aliphatic rings. The molecule has 3 nitrogen and oxygen atoms in total. The topological polar surface area (TPSA) is 29.5 Å². The summed E-state index contributed by atoms with van der Waals surface area (Å²) in [5.41, 5.74) is 2.52. The van der Waals surface area contributed by atoms with Crippen molar-refractivity contribution in [2.24, 2.45) is 0 Å². The van der Waals surface area contributed by atoms with Crippen LogP contribution in [0.4, 0.5) is 5.69 Å². The zero-order valence-electron chi connectivity index (χ0n) is 10.5. The van der Waals surface area contributed by atoms with Gasteiger partial charge in [-0.25, -0.2) is 4.79 Å². The van der Waals surface area contributed by atoms with Crippen LogP contribution in [-0.4, -0.2) is 25.2 Å². The molecule has 17 heavy (non-hydrogen) atoms. The lowest BCUT2D eigenvalue weighted by atomic mass is 10.1. The molecule has 0 fully saturated rings. The van der Waals surface area contributed by atoms with E-state index in [1.807, 2.05) is 26.0 Å². The molecule has 1 aromatic carbocycles. The molecule has 0 spiro atoms. The maximum Gasteiger partial charge on any atom is 0.328 e. The summed E-state index contributed by atoms with van der Waals surface area (Å²) in [7, 11) is 0. The Morgan fingerprint density at radius 1 is 1.41 bits per heavy atom. The molecule has 0 amide bonds. The van der Waals surface area contributed by atoms with Crippen molar-refractivity contribution in [3.05, 3.63) is 29.8 Å². The van der Waals surface area contributed by atoms with Crippen LogP contribution in [0.1, 0.15) is 25.8 Å². The molecule has 1 aromatic rings. The van der Waals surface area contributed by atoms with E-state index in [1.54, 1.807) is 0 Å². The number of hydrogen-bond acceptors (Lipinski definition) is 3. The van der Waals surface area contributed by atoms with Gasteiger partial charge in [0, 0.05) is 12.2 Å². The predicted octanol–water partition coefficient (Wildman–Crippen LogP) is 2.39. The third kappa shape index (κ3) is 2.28. The molecule has 0 saturated heterocycles. The minimum atomic E-state index is -0.140. The number of benzene rings is 1. The Morgan fingerprint density at radius 2 is 2.18 bits per heavy atom. The number of esters is 1. The first-order chi connectivity index (χ1) is 8.27. The molecule has 1 unspecified atom stereocenters. The van der Waals surface area contributed by atoms with Crippen LogP contribution >= 0.6 is 0 Å². The maximum absolute atomic E-state index is 11.9. The van der Waals surface area contributed by atoms with Crippen LogP contribution in [0, 0.1) is 0 Å². The van der Waals surface area contributed by atoms with E-state index < -0.39 is 0 Å². The lowest BCUT2D eigenvalue weighted by Gasteiger charge is -2.27. The Balaban J connectivity index is 2.20. The number of anilines is 1. The SMILES string of the molecule is CCOC(=O)C(CC)N1CCc2ccccc21. The molecule has 92 valence electrons. The lowest BCUT2D eigenvalue weighted by molar-refractivity contribution is -0.144. The second-order valence-electron chi connectivity index (χ2n) is 4.25. The third-order valence-electron chi connectivity index (χ3n) is 3.24. The first kappa shape index (κ1) is 12.0. The van der Waals surface area contributed by atoms with Gasteiger partial charge >= 0.3 is 5.97 Å². The summed E-state index contributed by atoms with van der Waals surface area (Å²) < 4.78 is 5.14. The van der Waals surface area contributed by atoms with Crippen LogP contribution in [0.3, 0.4) is 0 Å². The first-order valence-electron chi connectivity index (χ1n) is 6.29. The Morgan fingerprint density at radius 3 is 2.88 bits per heavy atom. The fourth-order valence-electron chi connectivity index (χ4n) is 2.44. The van der Waals surface area contributed by atoms with Gasteiger partial charge in [0.25, 0.3) is 0 Å². The van der Waals surface area contributed by atoms with Gasteiger partial charge in [-0.3, -0.25) is 0 Å². The normalized spacial score (nSPS) is 15.5. The number of carbonyl (C=O) groups excluding carboxylic acids is 1. The number of hydrogen-bond donors (Lipinski definition) is 0. The fourth-order valence-corrected chi connectivity index (χ4v) is 2.44. The van der Waals surface area contributed by atoms with Crippen LogP contribution in [0.2, 0.25) is 0 Å². The highest BCUT2D eigenvalue weighted by molar-refractivity contribution is 5.81. The number of ether oxygens (including phenoxy) is 1. The molecule has 0 radical (unpaired) electrons. The zero-order chi connectivity index (χ0) is 12.3. The van der Waals surface area contributed by atoms with Crippen molar-refractivity contribution >= 4 is 11.7 Å². The van der Waals surface area contributed by atoms with E-state index in [-0.39, 0.29) is 12.0 Å². The van der Waals surface area contributed by atoms with E-state index in [9.17, 15) is 4.79 Å². The van der Waals surface area contributed by atoms with Gasteiger partial charge in [-0.15, -0.1) is 0 Å². The summed E-state index contributed by atoms with van der Waals surface area (Å²) in [5.74, 6) is -0.105. The van der Waals surface area contributed by atoms with Crippen LogP contribution < -0.4 is 4.90 Å². The highest BCUT2D eigenvalue weighted by atomic mass is 16.5. The highest BCUT2D eigenvalue weighted by Gasteiger charge is 2.30. The van der Waals surface area contributed by atoms with Crippen molar-refractivity contribution in [3.8, 4) is 0 Å². The van der Waals surface area contributed by atoms with Gasteiger partial charge in [0.15, 0.2) is 0 Å². The van der Waals surface area contributed by atoms with Gasteiger partial charge < -0.3 is 9.64 Å². The average Bonchev–Trinajstić information content (AvgIpc) is 2.75. The largest absolute Gasteiger partial charge is 0.464 e. The quantitative estimate of drug-likeness (QED) is 0.748. The molecule has 0 N–H and O–H groups in total. The van der Waals surface area contributed by atoms with E-state index in [1.165, 1.54) is 11.3 Å². The van der Waals surface area contributed by atoms with Gasteiger partial charge in [-0.05, 0) is 31.4 Å². The molecule has 0 aromatic heterocycles. The second-order valence-corrected chi connectivity index (χ2v) is 4.25. The molecule has 1 heterocycles. The minimum Gasteiger partial charge on any atom is -0.464 e. The Kier molecular flexibility index (Phi) is 3.67. The molecule has 0 saturated carbocycles.